The van der Waals surface area contributed by atoms with Crippen LogP contribution >= 0.6 is 11.8 Å². The van der Waals surface area contributed by atoms with Crippen molar-refractivity contribution in [2.75, 3.05) is 34.1 Å². The van der Waals surface area contributed by atoms with Gasteiger partial charge < -0.3 is 14.8 Å². The maximum absolute atomic E-state index is 5.52. The third kappa shape index (κ3) is 3.33. The van der Waals surface area contributed by atoms with Gasteiger partial charge in [-0.25, -0.2) is 0 Å². The molecule has 1 rings (SSSR count). The van der Waals surface area contributed by atoms with Crippen molar-refractivity contribution >= 4 is 11.8 Å². The van der Waals surface area contributed by atoms with Gasteiger partial charge in [0.15, 0.2) is 0 Å². The zero-order valence-corrected chi connectivity index (χ0v) is 12.7. The molecule has 0 heterocycles. The van der Waals surface area contributed by atoms with E-state index in [1.807, 2.05) is 13.3 Å². The van der Waals surface area contributed by atoms with E-state index >= 15 is 0 Å². The van der Waals surface area contributed by atoms with E-state index in [1.54, 1.807) is 26.0 Å². The van der Waals surface area contributed by atoms with Crippen LogP contribution in [-0.4, -0.2) is 34.1 Å². The standard InChI is InChI=1S/C14H23NO2S/c1-6-10(9-15-2)11-7-13(17-4)14(18-5)8-12(11)16-3/h7-8,10,15H,6,9H2,1-5H3. The summed E-state index contributed by atoms with van der Waals surface area (Å²) in [7, 11) is 5.41. The lowest BCUT2D eigenvalue weighted by Crippen LogP contribution is -2.17. The molecule has 0 aromatic heterocycles. The van der Waals surface area contributed by atoms with E-state index in [0.717, 1.165) is 29.4 Å². The second-order valence-electron chi connectivity index (χ2n) is 4.11. The van der Waals surface area contributed by atoms with Crippen molar-refractivity contribution in [1.82, 2.24) is 5.32 Å². The summed E-state index contributed by atoms with van der Waals surface area (Å²) in [5.41, 5.74) is 1.21. The molecule has 1 N–H and O–H groups in total. The Kier molecular flexibility index (Phi) is 6.36. The lowest BCUT2D eigenvalue weighted by molar-refractivity contribution is 0.386. The van der Waals surface area contributed by atoms with Crippen LogP contribution in [-0.2, 0) is 0 Å². The van der Waals surface area contributed by atoms with Gasteiger partial charge in [-0.05, 0) is 37.8 Å². The number of hydrogen-bond acceptors (Lipinski definition) is 4. The summed E-state index contributed by atoms with van der Waals surface area (Å²) in [4.78, 5) is 1.11. The Hall–Kier alpha value is -0.870. The van der Waals surface area contributed by atoms with Crippen molar-refractivity contribution in [3.05, 3.63) is 17.7 Å². The summed E-state index contributed by atoms with van der Waals surface area (Å²) in [6, 6.07) is 4.17. The predicted molar refractivity (Wildman–Crippen MR) is 78.3 cm³/mol. The fraction of sp³-hybridized carbons (Fsp3) is 0.571. The predicted octanol–water partition coefficient (Wildman–Crippen LogP) is 3.14. The number of hydrogen-bond donors (Lipinski definition) is 1. The van der Waals surface area contributed by atoms with Crippen LogP contribution in [0.2, 0.25) is 0 Å². The Morgan fingerprint density at radius 1 is 1.22 bits per heavy atom. The van der Waals surface area contributed by atoms with E-state index in [-0.39, 0.29) is 0 Å². The van der Waals surface area contributed by atoms with Crippen molar-refractivity contribution in [3.63, 3.8) is 0 Å². The first-order valence-corrected chi connectivity index (χ1v) is 7.38. The summed E-state index contributed by atoms with van der Waals surface area (Å²) < 4.78 is 11.0. The van der Waals surface area contributed by atoms with Gasteiger partial charge in [0.2, 0.25) is 0 Å². The SMILES string of the molecule is CCC(CNC)c1cc(OC)c(SC)cc1OC. The highest BCUT2D eigenvalue weighted by atomic mass is 32.2. The third-order valence-corrected chi connectivity index (χ3v) is 3.88. The average Bonchev–Trinajstić information content (AvgIpc) is 2.43. The molecule has 0 fully saturated rings. The molecule has 1 aromatic rings. The largest absolute Gasteiger partial charge is 0.496 e. The molecule has 102 valence electrons. The molecule has 1 unspecified atom stereocenters. The van der Waals surface area contributed by atoms with Crippen molar-refractivity contribution < 1.29 is 9.47 Å². The average molecular weight is 269 g/mol. The van der Waals surface area contributed by atoms with Crippen LogP contribution in [0.1, 0.15) is 24.8 Å². The summed E-state index contributed by atoms with van der Waals surface area (Å²) >= 11 is 1.67. The van der Waals surface area contributed by atoms with Crippen molar-refractivity contribution in [2.45, 2.75) is 24.2 Å². The molecule has 1 atom stereocenters. The zero-order chi connectivity index (χ0) is 13.5. The Bertz CT molecular complexity index is 382. The maximum Gasteiger partial charge on any atom is 0.132 e. The van der Waals surface area contributed by atoms with Gasteiger partial charge in [0.1, 0.15) is 11.5 Å². The Labute approximate surface area is 114 Å². The summed E-state index contributed by atoms with van der Waals surface area (Å²) in [6.07, 6.45) is 3.11. The topological polar surface area (TPSA) is 30.5 Å². The van der Waals surface area contributed by atoms with Crippen molar-refractivity contribution in [3.8, 4) is 11.5 Å². The van der Waals surface area contributed by atoms with Crippen LogP contribution in [0.3, 0.4) is 0 Å². The van der Waals surface area contributed by atoms with Crippen molar-refractivity contribution in [1.29, 1.82) is 0 Å². The van der Waals surface area contributed by atoms with Gasteiger partial charge in [-0.1, -0.05) is 6.92 Å². The van der Waals surface area contributed by atoms with Crippen LogP contribution in [0.25, 0.3) is 0 Å². The Balaban J connectivity index is 3.23. The van der Waals surface area contributed by atoms with Gasteiger partial charge in [-0.2, -0.15) is 0 Å². The number of methoxy groups -OCH3 is 2. The molecule has 0 bridgehead atoms. The number of thioether (sulfide) groups is 1. The van der Waals surface area contributed by atoms with E-state index in [2.05, 4.69) is 24.4 Å². The Morgan fingerprint density at radius 2 is 1.89 bits per heavy atom. The molecule has 0 aliphatic heterocycles. The third-order valence-electron chi connectivity index (χ3n) is 3.12. The maximum atomic E-state index is 5.52. The van der Waals surface area contributed by atoms with E-state index in [4.69, 9.17) is 9.47 Å². The molecular weight excluding hydrogens is 246 g/mol. The molecule has 0 aliphatic carbocycles. The van der Waals surface area contributed by atoms with Gasteiger partial charge >= 0.3 is 0 Å². The second kappa shape index (κ2) is 7.54. The first kappa shape index (κ1) is 15.2. The van der Waals surface area contributed by atoms with E-state index in [0.29, 0.717) is 5.92 Å². The summed E-state index contributed by atoms with van der Waals surface area (Å²) in [5.74, 6) is 2.31. The van der Waals surface area contributed by atoms with Gasteiger partial charge in [-0.15, -0.1) is 11.8 Å². The first-order valence-electron chi connectivity index (χ1n) is 6.16. The van der Waals surface area contributed by atoms with Crippen molar-refractivity contribution in [2.24, 2.45) is 0 Å². The highest BCUT2D eigenvalue weighted by molar-refractivity contribution is 7.98. The van der Waals surface area contributed by atoms with Gasteiger partial charge in [0.05, 0.1) is 19.1 Å². The van der Waals surface area contributed by atoms with Gasteiger partial charge in [0.25, 0.3) is 0 Å². The molecule has 4 heteroatoms. The van der Waals surface area contributed by atoms with Crippen LogP contribution in [0.4, 0.5) is 0 Å². The van der Waals surface area contributed by atoms with Crippen LogP contribution in [0, 0.1) is 0 Å². The lowest BCUT2D eigenvalue weighted by Gasteiger charge is -2.20. The Morgan fingerprint density at radius 3 is 2.33 bits per heavy atom. The highest BCUT2D eigenvalue weighted by Crippen LogP contribution is 2.38. The molecule has 1 aromatic carbocycles. The van der Waals surface area contributed by atoms with E-state index in [1.165, 1.54) is 5.56 Å². The minimum Gasteiger partial charge on any atom is -0.496 e. The molecule has 0 amide bonds. The number of nitrogens with one attached hydrogen (secondary N) is 1. The second-order valence-corrected chi connectivity index (χ2v) is 4.96. The number of likely N-dealkylation sites (N-methyl/N-ethyl adjacent to an activating group) is 1. The molecule has 0 saturated carbocycles. The molecule has 0 spiro atoms. The van der Waals surface area contributed by atoms with E-state index < -0.39 is 0 Å². The molecular formula is C14H23NO2S. The minimum absolute atomic E-state index is 0.440. The smallest absolute Gasteiger partial charge is 0.132 e. The molecule has 0 radical (unpaired) electrons. The van der Waals surface area contributed by atoms with Crippen LogP contribution < -0.4 is 14.8 Å². The monoisotopic (exact) mass is 269 g/mol. The van der Waals surface area contributed by atoms with Gasteiger partial charge in [-0.3, -0.25) is 0 Å². The first-order chi connectivity index (χ1) is 8.71. The highest BCUT2D eigenvalue weighted by Gasteiger charge is 2.17. The molecule has 18 heavy (non-hydrogen) atoms. The summed E-state index contributed by atoms with van der Waals surface area (Å²) in [5, 5.41) is 3.23. The minimum atomic E-state index is 0.440. The van der Waals surface area contributed by atoms with E-state index in [9.17, 15) is 0 Å². The summed E-state index contributed by atoms with van der Waals surface area (Å²) in [6.45, 7) is 3.13. The lowest BCUT2D eigenvalue weighted by atomic mass is 9.95. The normalized spacial score (nSPS) is 12.3. The molecule has 0 aliphatic rings. The molecule has 0 saturated heterocycles. The fourth-order valence-corrected chi connectivity index (χ4v) is 2.66. The number of rotatable bonds is 7. The zero-order valence-electron chi connectivity index (χ0n) is 11.9. The molecule has 3 nitrogen and oxygen atoms in total. The quantitative estimate of drug-likeness (QED) is 0.770. The fourth-order valence-electron chi connectivity index (χ4n) is 2.09. The number of benzene rings is 1. The van der Waals surface area contributed by atoms with Crippen LogP contribution in [0.15, 0.2) is 17.0 Å². The van der Waals surface area contributed by atoms with Crippen LogP contribution in [0.5, 0.6) is 11.5 Å². The number of ether oxygens (including phenoxy) is 2. The van der Waals surface area contributed by atoms with Gasteiger partial charge in [0, 0.05) is 12.1 Å².